The molecule has 1 aliphatic heterocycles. The van der Waals surface area contributed by atoms with Crippen LogP contribution in [0.25, 0.3) is 0 Å². The van der Waals surface area contributed by atoms with Gasteiger partial charge in [0.25, 0.3) is 0 Å². The van der Waals surface area contributed by atoms with Gasteiger partial charge < -0.3 is 25.3 Å². The standard InChI is InChI=1S/C28H34N2O3/c29-25-9-13-27(14-10-25)33-21-24-19-30-16-15-28(24)23-7-11-26(12-8-23)32-18-4-17-31-20-22-5-2-1-3-6-22/h1-3,5-14,24,28,30H,4,15-21,29H2. The highest BCUT2D eigenvalue weighted by Crippen LogP contribution is 2.32. The van der Waals surface area contributed by atoms with E-state index in [2.05, 4.69) is 41.7 Å². The summed E-state index contributed by atoms with van der Waals surface area (Å²) in [5.41, 5.74) is 9.07. The number of hydrogen-bond acceptors (Lipinski definition) is 5. The molecular weight excluding hydrogens is 412 g/mol. The van der Waals surface area contributed by atoms with Crippen molar-refractivity contribution < 1.29 is 14.2 Å². The van der Waals surface area contributed by atoms with Crippen LogP contribution in [0.5, 0.6) is 11.5 Å². The fourth-order valence-electron chi connectivity index (χ4n) is 4.23. The first kappa shape index (κ1) is 23.1. The van der Waals surface area contributed by atoms with Gasteiger partial charge in [0.2, 0.25) is 0 Å². The smallest absolute Gasteiger partial charge is 0.119 e. The first-order chi connectivity index (χ1) is 16.3. The van der Waals surface area contributed by atoms with Crippen molar-refractivity contribution in [3.63, 3.8) is 0 Å². The second-order valence-corrected chi connectivity index (χ2v) is 8.55. The fourth-order valence-corrected chi connectivity index (χ4v) is 4.23. The van der Waals surface area contributed by atoms with Crippen LogP contribution >= 0.6 is 0 Å². The van der Waals surface area contributed by atoms with Gasteiger partial charge in [-0.05, 0) is 66.4 Å². The maximum absolute atomic E-state index is 6.06. The average Bonchev–Trinajstić information content (AvgIpc) is 2.87. The predicted molar refractivity (Wildman–Crippen MR) is 133 cm³/mol. The summed E-state index contributed by atoms with van der Waals surface area (Å²) in [7, 11) is 0. The SMILES string of the molecule is Nc1ccc(OCC2CNCCC2c2ccc(OCCCOCc3ccccc3)cc2)cc1. The second kappa shape index (κ2) is 12.3. The van der Waals surface area contributed by atoms with Crippen LogP contribution in [0.3, 0.4) is 0 Å². The van der Waals surface area contributed by atoms with E-state index < -0.39 is 0 Å². The van der Waals surface area contributed by atoms with Crippen molar-refractivity contribution in [2.75, 3.05) is 38.6 Å². The molecule has 1 aliphatic rings. The van der Waals surface area contributed by atoms with E-state index in [1.54, 1.807) is 0 Å². The highest BCUT2D eigenvalue weighted by molar-refractivity contribution is 5.41. The molecule has 2 unspecified atom stereocenters. The molecule has 5 nitrogen and oxygen atoms in total. The summed E-state index contributed by atoms with van der Waals surface area (Å²) in [4.78, 5) is 0. The summed E-state index contributed by atoms with van der Waals surface area (Å²) in [5, 5.41) is 3.51. The number of rotatable bonds is 11. The largest absolute Gasteiger partial charge is 0.494 e. The molecule has 2 atom stereocenters. The van der Waals surface area contributed by atoms with E-state index in [0.717, 1.165) is 43.1 Å². The molecule has 5 heteroatoms. The minimum Gasteiger partial charge on any atom is -0.494 e. The molecule has 33 heavy (non-hydrogen) atoms. The van der Waals surface area contributed by atoms with Crippen molar-refractivity contribution >= 4 is 5.69 Å². The Labute approximate surface area is 196 Å². The van der Waals surface area contributed by atoms with E-state index >= 15 is 0 Å². The molecule has 174 valence electrons. The van der Waals surface area contributed by atoms with E-state index in [-0.39, 0.29) is 0 Å². The van der Waals surface area contributed by atoms with E-state index in [0.29, 0.717) is 38.3 Å². The Hall–Kier alpha value is -3.02. The number of hydrogen-bond donors (Lipinski definition) is 2. The zero-order valence-electron chi connectivity index (χ0n) is 19.1. The van der Waals surface area contributed by atoms with E-state index in [4.69, 9.17) is 19.9 Å². The Balaban J connectivity index is 1.20. The normalized spacial score (nSPS) is 18.1. The zero-order valence-corrected chi connectivity index (χ0v) is 19.1. The van der Waals surface area contributed by atoms with Crippen molar-refractivity contribution in [1.29, 1.82) is 0 Å². The van der Waals surface area contributed by atoms with Gasteiger partial charge in [-0.15, -0.1) is 0 Å². The molecule has 0 bridgehead atoms. The summed E-state index contributed by atoms with van der Waals surface area (Å²) in [6.07, 6.45) is 1.97. The summed E-state index contributed by atoms with van der Waals surface area (Å²) in [6, 6.07) is 26.4. The topological polar surface area (TPSA) is 65.7 Å². The van der Waals surface area contributed by atoms with Gasteiger partial charge >= 0.3 is 0 Å². The van der Waals surface area contributed by atoms with Crippen LogP contribution in [0.2, 0.25) is 0 Å². The molecule has 0 spiro atoms. The van der Waals surface area contributed by atoms with Crippen LogP contribution in [0.15, 0.2) is 78.9 Å². The van der Waals surface area contributed by atoms with Crippen molar-refractivity contribution in [2.24, 2.45) is 5.92 Å². The Morgan fingerprint density at radius 2 is 1.55 bits per heavy atom. The third-order valence-corrected chi connectivity index (χ3v) is 6.07. The number of anilines is 1. The number of benzene rings is 3. The summed E-state index contributed by atoms with van der Waals surface area (Å²) >= 11 is 0. The van der Waals surface area contributed by atoms with Crippen molar-refractivity contribution in [3.8, 4) is 11.5 Å². The fraction of sp³-hybridized carbons (Fsp3) is 0.357. The molecule has 1 saturated heterocycles. The molecule has 3 aromatic rings. The summed E-state index contributed by atoms with van der Waals surface area (Å²) in [6.45, 7) is 4.67. The number of nitrogen functional groups attached to an aromatic ring is 1. The van der Waals surface area contributed by atoms with E-state index in [9.17, 15) is 0 Å². The lowest BCUT2D eigenvalue weighted by atomic mass is 9.81. The highest BCUT2D eigenvalue weighted by atomic mass is 16.5. The molecule has 0 amide bonds. The molecule has 3 N–H and O–H groups in total. The first-order valence-corrected chi connectivity index (χ1v) is 11.8. The summed E-state index contributed by atoms with van der Waals surface area (Å²) < 4.78 is 17.7. The molecule has 0 aromatic heterocycles. The number of piperidine rings is 1. The van der Waals surface area contributed by atoms with Gasteiger partial charge in [-0.25, -0.2) is 0 Å². The Bertz CT molecular complexity index is 945. The van der Waals surface area contributed by atoms with Crippen LogP contribution in [0.1, 0.15) is 29.9 Å². The highest BCUT2D eigenvalue weighted by Gasteiger charge is 2.27. The van der Waals surface area contributed by atoms with Gasteiger partial charge in [0.05, 0.1) is 26.4 Å². The molecule has 3 aromatic carbocycles. The van der Waals surface area contributed by atoms with Crippen molar-refractivity contribution in [3.05, 3.63) is 90.0 Å². The van der Waals surface area contributed by atoms with Crippen LogP contribution in [-0.2, 0) is 11.3 Å². The molecule has 0 aliphatic carbocycles. The quantitative estimate of drug-likeness (QED) is 0.320. The van der Waals surface area contributed by atoms with Crippen LogP contribution < -0.4 is 20.5 Å². The average molecular weight is 447 g/mol. The number of ether oxygens (including phenoxy) is 3. The molecular formula is C28H34N2O3. The van der Waals surface area contributed by atoms with E-state index in [1.807, 2.05) is 42.5 Å². The monoisotopic (exact) mass is 446 g/mol. The Morgan fingerprint density at radius 3 is 2.33 bits per heavy atom. The van der Waals surface area contributed by atoms with E-state index in [1.165, 1.54) is 11.1 Å². The van der Waals surface area contributed by atoms with Gasteiger partial charge in [-0.3, -0.25) is 0 Å². The number of nitrogens with one attached hydrogen (secondary N) is 1. The maximum atomic E-state index is 6.06. The Morgan fingerprint density at radius 1 is 0.818 bits per heavy atom. The third-order valence-electron chi connectivity index (χ3n) is 6.07. The van der Waals surface area contributed by atoms with Gasteiger partial charge in [0, 0.05) is 24.6 Å². The van der Waals surface area contributed by atoms with Gasteiger partial charge in [0.15, 0.2) is 0 Å². The van der Waals surface area contributed by atoms with Crippen LogP contribution in [0.4, 0.5) is 5.69 Å². The van der Waals surface area contributed by atoms with Crippen molar-refractivity contribution in [1.82, 2.24) is 5.32 Å². The lowest BCUT2D eigenvalue weighted by Gasteiger charge is -2.32. The molecule has 1 heterocycles. The van der Waals surface area contributed by atoms with Crippen LogP contribution in [0, 0.1) is 5.92 Å². The molecule has 1 fully saturated rings. The second-order valence-electron chi connectivity index (χ2n) is 8.55. The molecule has 0 saturated carbocycles. The van der Waals surface area contributed by atoms with Gasteiger partial charge in [0.1, 0.15) is 11.5 Å². The third kappa shape index (κ3) is 7.24. The van der Waals surface area contributed by atoms with Gasteiger partial charge in [-0.1, -0.05) is 42.5 Å². The Kier molecular flexibility index (Phi) is 8.62. The number of nitrogens with two attached hydrogens (primary N) is 1. The lowest BCUT2D eigenvalue weighted by Crippen LogP contribution is -2.38. The van der Waals surface area contributed by atoms with Crippen molar-refractivity contribution in [2.45, 2.75) is 25.4 Å². The molecule has 0 radical (unpaired) electrons. The lowest BCUT2D eigenvalue weighted by molar-refractivity contribution is 0.107. The predicted octanol–water partition coefficient (Wildman–Crippen LogP) is 5.03. The van der Waals surface area contributed by atoms with Crippen LogP contribution in [-0.4, -0.2) is 32.9 Å². The minimum atomic E-state index is 0.421. The minimum absolute atomic E-state index is 0.421. The maximum Gasteiger partial charge on any atom is 0.119 e. The van der Waals surface area contributed by atoms with Gasteiger partial charge in [-0.2, -0.15) is 0 Å². The molecule has 4 rings (SSSR count). The first-order valence-electron chi connectivity index (χ1n) is 11.8. The summed E-state index contributed by atoms with van der Waals surface area (Å²) in [5.74, 6) is 2.67. The zero-order chi connectivity index (χ0) is 22.7.